The maximum absolute atomic E-state index is 13.1. The van der Waals surface area contributed by atoms with Crippen molar-refractivity contribution >= 4 is 21.6 Å². The summed E-state index contributed by atoms with van der Waals surface area (Å²) in [6.07, 6.45) is 2.90. The molecule has 2 aliphatic rings. The average molecular weight is 416 g/mol. The molecule has 1 aromatic rings. The van der Waals surface area contributed by atoms with Gasteiger partial charge in [0.15, 0.2) is 0 Å². The van der Waals surface area contributed by atoms with Gasteiger partial charge >= 0.3 is 0 Å². The molecule has 0 amide bonds. The van der Waals surface area contributed by atoms with Gasteiger partial charge in [-0.05, 0) is 87.7 Å². The fraction of sp³-hybridized carbons (Fsp3) is 0.565. The Morgan fingerprint density at radius 2 is 1.55 bits per heavy atom. The molecule has 29 heavy (non-hydrogen) atoms. The number of carbonyl (C=O) groups is 2. The first-order chi connectivity index (χ1) is 13.6. The second-order valence-corrected chi connectivity index (χ2v) is 10.7. The molecule has 0 heterocycles. The summed E-state index contributed by atoms with van der Waals surface area (Å²) < 4.78 is 26.6. The molecule has 6 heteroatoms. The molecule has 0 saturated heterocycles. The van der Waals surface area contributed by atoms with Crippen LogP contribution in [-0.4, -0.2) is 32.3 Å². The van der Waals surface area contributed by atoms with Crippen LogP contribution in [-0.2, 0) is 19.6 Å². The van der Waals surface area contributed by atoms with E-state index in [4.69, 9.17) is 0 Å². The van der Waals surface area contributed by atoms with Crippen LogP contribution >= 0.6 is 0 Å². The lowest BCUT2D eigenvalue weighted by Crippen LogP contribution is -2.44. The zero-order chi connectivity index (χ0) is 21.4. The quantitative estimate of drug-likeness (QED) is 0.607. The zero-order valence-electron chi connectivity index (χ0n) is 17.6. The minimum atomic E-state index is -3.31. The van der Waals surface area contributed by atoms with E-state index in [0.29, 0.717) is 38.5 Å². The van der Waals surface area contributed by atoms with Gasteiger partial charge in [0.1, 0.15) is 17.5 Å². The van der Waals surface area contributed by atoms with E-state index in [0.717, 1.165) is 22.3 Å². The summed E-state index contributed by atoms with van der Waals surface area (Å²) in [6, 6.07) is 3.88. The van der Waals surface area contributed by atoms with E-state index >= 15 is 0 Å². The van der Waals surface area contributed by atoms with Gasteiger partial charge in [0.25, 0.3) is 0 Å². The Labute approximate surface area is 173 Å². The zero-order valence-corrected chi connectivity index (χ0v) is 18.4. The van der Waals surface area contributed by atoms with Crippen LogP contribution in [0.2, 0.25) is 0 Å². The van der Waals surface area contributed by atoms with E-state index in [1.165, 1.54) is 7.05 Å². The molecule has 0 aromatic heterocycles. The number of nitrogens with one attached hydrogen (secondary N) is 1. The summed E-state index contributed by atoms with van der Waals surface area (Å²) in [5.41, 5.74) is 3.19. The van der Waals surface area contributed by atoms with E-state index in [1.807, 2.05) is 26.0 Å². The minimum absolute atomic E-state index is 0.0308. The number of aryl methyl sites for hydroxylation is 2. The summed E-state index contributed by atoms with van der Waals surface area (Å²) in [7, 11) is -1.88. The van der Waals surface area contributed by atoms with Crippen LogP contribution in [0.5, 0.6) is 0 Å². The molecule has 2 fully saturated rings. The van der Waals surface area contributed by atoms with Crippen LogP contribution < -0.4 is 4.72 Å². The number of rotatable bonds is 3. The number of hydrogen-bond acceptors (Lipinski definition) is 4. The number of ketones is 2. The number of carbonyl (C=O) groups excluding carboxylic acids is 2. The van der Waals surface area contributed by atoms with Crippen molar-refractivity contribution in [2.45, 2.75) is 70.5 Å². The second kappa shape index (κ2) is 8.04. The van der Waals surface area contributed by atoms with Gasteiger partial charge in [-0.15, -0.1) is 5.92 Å². The molecule has 2 saturated carbocycles. The molecule has 5 nitrogen and oxygen atoms in total. The lowest BCUT2D eigenvalue weighted by Gasteiger charge is -2.43. The summed E-state index contributed by atoms with van der Waals surface area (Å²) in [5.74, 6) is 5.15. The van der Waals surface area contributed by atoms with E-state index in [9.17, 15) is 18.0 Å². The maximum Gasteiger partial charge on any atom is 0.214 e. The van der Waals surface area contributed by atoms with Gasteiger partial charge in [0.2, 0.25) is 10.0 Å². The fourth-order valence-electron chi connectivity index (χ4n) is 5.19. The highest BCUT2D eigenvalue weighted by atomic mass is 32.2. The van der Waals surface area contributed by atoms with Crippen molar-refractivity contribution in [2.24, 2.45) is 5.41 Å². The molecule has 0 unspecified atom stereocenters. The van der Waals surface area contributed by atoms with Crippen LogP contribution in [0.1, 0.15) is 73.6 Å². The summed E-state index contributed by atoms with van der Waals surface area (Å²) in [4.78, 5) is 26.3. The topological polar surface area (TPSA) is 80.3 Å². The van der Waals surface area contributed by atoms with Gasteiger partial charge in [0.05, 0.1) is 5.25 Å². The van der Waals surface area contributed by atoms with Gasteiger partial charge in [0, 0.05) is 18.4 Å². The molecule has 1 aromatic carbocycles. The lowest BCUT2D eigenvalue weighted by molar-refractivity contribution is -0.137. The monoisotopic (exact) mass is 415 g/mol. The van der Waals surface area contributed by atoms with Crippen LogP contribution in [0.3, 0.4) is 0 Å². The van der Waals surface area contributed by atoms with Crippen molar-refractivity contribution in [1.29, 1.82) is 0 Å². The molecule has 1 spiro atoms. The van der Waals surface area contributed by atoms with Crippen LogP contribution in [0, 0.1) is 31.1 Å². The van der Waals surface area contributed by atoms with Gasteiger partial charge in [-0.2, -0.15) is 0 Å². The SMILES string of the molecule is CC#Cc1cc(C)c(C2C(=O)CC3(CCC(S(=O)(=O)NC)CC3)CC2=O)c(C)c1. The van der Waals surface area contributed by atoms with Gasteiger partial charge < -0.3 is 0 Å². The smallest absolute Gasteiger partial charge is 0.214 e. The molecule has 0 bridgehead atoms. The molecular formula is C23H29NO4S. The molecule has 0 atom stereocenters. The molecule has 2 aliphatic carbocycles. The Bertz CT molecular complexity index is 962. The first kappa shape index (κ1) is 21.7. The van der Waals surface area contributed by atoms with Gasteiger partial charge in [-0.3, -0.25) is 9.59 Å². The predicted octanol–water partition coefficient (Wildman–Crippen LogP) is 3.17. The van der Waals surface area contributed by atoms with E-state index in [-0.39, 0.29) is 17.0 Å². The van der Waals surface area contributed by atoms with Crippen LogP contribution in [0.15, 0.2) is 12.1 Å². The summed E-state index contributed by atoms with van der Waals surface area (Å²) in [5, 5.41) is -0.433. The molecular weight excluding hydrogens is 386 g/mol. The highest BCUT2D eigenvalue weighted by Crippen LogP contribution is 2.49. The van der Waals surface area contributed by atoms with Gasteiger partial charge in [-0.1, -0.05) is 5.92 Å². The third-order valence-electron chi connectivity index (χ3n) is 6.61. The first-order valence-corrected chi connectivity index (χ1v) is 11.7. The lowest BCUT2D eigenvalue weighted by atomic mass is 9.61. The minimum Gasteiger partial charge on any atom is -0.299 e. The van der Waals surface area contributed by atoms with Crippen molar-refractivity contribution < 1.29 is 18.0 Å². The number of benzene rings is 1. The normalized spacial score (nSPS) is 27.6. The van der Waals surface area contributed by atoms with E-state index < -0.39 is 21.2 Å². The fourth-order valence-corrected chi connectivity index (χ4v) is 6.38. The molecule has 156 valence electrons. The molecule has 0 aliphatic heterocycles. The van der Waals surface area contributed by atoms with Crippen molar-refractivity contribution in [3.05, 3.63) is 34.4 Å². The Kier molecular flexibility index (Phi) is 6.03. The van der Waals surface area contributed by atoms with Crippen molar-refractivity contribution in [3.8, 4) is 11.8 Å². The third-order valence-corrected chi connectivity index (χ3v) is 8.53. The summed E-state index contributed by atoms with van der Waals surface area (Å²) in [6.45, 7) is 5.65. The third kappa shape index (κ3) is 4.17. The molecule has 0 radical (unpaired) electrons. The van der Waals surface area contributed by atoms with Crippen molar-refractivity contribution in [1.82, 2.24) is 4.72 Å². The maximum atomic E-state index is 13.1. The highest BCUT2D eigenvalue weighted by molar-refractivity contribution is 7.90. The Balaban J connectivity index is 1.83. The van der Waals surface area contributed by atoms with E-state index in [1.54, 1.807) is 6.92 Å². The van der Waals surface area contributed by atoms with Crippen LogP contribution in [0.25, 0.3) is 0 Å². The summed E-state index contributed by atoms with van der Waals surface area (Å²) >= 11 is 0. The number of sulfonamides is 1. The van der Waals surface area contributed by atoms with Crippen LogP contribution in [0.4, 0.5) is 0 Å². The largest absolute Gasteiger partial charge is 0.299 e. The first-order valence-electron chi connectivity index (χ1n) is 10.1. The Morgan fingerprint density at radius 1 is 1.03 bits per heavy atom. The van der Waals surface area contributed by atoms with Gasteiger partial charge in [-0.25, -0.2) is 13.1 Å². The standard InChI is InChI=1S/C23H29NO4S/c1-5-6-17-11-15(2)21(16(3)12-17)22-19(25)13-23(14-20(22)26)9-7-18(8-10-23)29(27,28)24-4/h11-12,18,22,24H,7-10,13-14H2,1-4H3. The molecule has 1 N–H and O–H groups in total. The second-order valence-electron chi connectivity index (χ2n) is 8.57. The van der Waals surface area contributed by atoms with E-state index in [2.05, 4.69) is 16.6 Å². The molecule has 3 rings (SSSR count). The number of Topliss-reactive ketones (excluding diaryl/α,β-unsaturated/α-hetero) is 2. The highest BCUT2D eigenvalue weighted by Gasteiger charge is 2.48. The Morgan fingerprint density at radius 3 is 2.00 bits per heavy atom. The number of hydrogen-bond donors (Lipinski definition) is 1. The average Bonchev–Trinajstić information content (AvgIpc) is 2.64. The predicted molar refractivity (Wildman–Crippen MR) is 113 cm³/mol. The van der Waals surface area contributed by atoms with Crippen molar-refractivity contribution in [3.63, 3.8) is 0 Å². The Hall–Kier alpha value is -1.97. The van der Waals surface area contributed by atoms with Crippen molar-refractivity contribution in [2.75, 3.05) is 7.05 Å².